The number of aromatic nitrogens is 6. The molecule has 2 N–H and O–H groups in total. The van der Waals surface area contributed by atoms with E-state index in [1.807, 2.05) is 24.4 Å². The van der Waals surface area contributed by atoms with Crippen molar-refractivity contribution in [1.82, 2.24) is 34.1 Å². The van der Waals surface area contributed by atoms with Gasteiger partial charge in [-0.15, -0.1) is 5.10 Å². The van der Waals surface area contributed by atoms with Crippen molar-refractivity contribution in [2.75, 3.05) is 37.8 Å². The van der Waals surface area contributed by atoms with Gasteiger partial charge in [0, 0.05) is 37.6 Å². The van der Waals surface area contributed by atoms with Gasteiger partial charge in [-0.25, -0.2) is 22.8 Å². The summed E-state index contributed by atoms with van der Waals surface area (Å²) in [6.45, 7) is 0.299. The van der Waals surface area contributed by atoms with E-state index in [0.29, 0.717) is 18.8 Å². The quantitative estimate of drug-likeness (QED) is 0.531. The largest absolute Gasteiger partial charge is 0.371 e. The van der Waals surface area contributed by atoms with Crippen molar-refractivity contribution in [3.63, 3.8) is 0 Å². The molecule has 9 nitrogen and oxygen atoms in total. The first-order chi connectivity index (χ1) is 14.4. The minimum Gasteiger partial charge on any atom is -0.371 e. The van der Waals surface area contributed by atoms with Crippen LogP contribution in [-0.4, -0.2) is 73.2 Å². The van der Waals surface area contributed by atoms with Gasteiger partial charge >= 0.3 is 0 Å². The number of fused-ring (bicyclic) bond motifs is 2. The van der Waals surface area contributed by atoms with Crippen molar-refractivity contribution < 1.29 is 8.78 Å². The van der Waals surface area contributed by atoms with Gasteiger partial charge in [-0.05, 0) is 25.6 Å². The SMILES string of the molecule is CNc1nc(N[C@H]2CCN(C)CC2(F)F)nn2ccc(-c3ccn4nccc4n3)c12. The second kappa shape index (κ2) is 6.87. The molecule has 4 aromatic heterocycles. The van der Waals surface area contributed by atoms with Crippen LogP contribution in [0.15, 0.2) is 36.8 Å². The Labute approximate surface area is 170 Å². The third-order valence-electron chi connectivity index (χ3n) is 5.38. The minimum absolute atomic E-state index is 0.155. The van der Waals surface area contributed by atoms with Crippen LogP contribution in [-0.2, 0) is 0 Å². The first-order valence-electron chi connectivity index (χ1n) is 9.65. The highest BCUT2D eigenvalue weighted by molar-refractivity contribution is 5.87. The summed E-state index contributed by atoms with van der Waals surface area (Å²) >= 11 is 0. The zero-order valence-corrected chi connectivity index (χ0v) is 16.5. The molecule has 0 saturated carbocycles. The number of hydrogen-bond acceptors (Lipinski definition) is 7. The molecule has 0 bridgehead atoms. The Morgan fingerprint density at radius 3 is 2.77 bits per heavy atom. The van der Waals surface area contributed by atoms with E-state index in [2.05, 4.69) is 30.8 Å². The molecule has 0 unspecified atom stereocenters. The van der Waals surface area contributed by atoms with Crippen molar-refractivity contribution >= 4 is 22.9 Å². The first-order valence-corrected chi connectivity index (χ1v) is 9.65. The maximum Gasteiger partial charge on any atom is 0.280 e. The van der Waals surface area contributed by atoms with Gasteiger partial charge in [0.2, 0.25) is 5.95 Å². The number of likely N-dealkylation sites (tertiary alicyclic amines) is 1. The Morgan fingerprint density at radius 1 is 1.13 bits per heavy atom. The van der Waals surface area contributed by atoms with Crippen molar-refractivity contribution in [3.8, 4) is 11.3 Å². The summed E-state index contributed by atoms with van der Waals surface area (Å²) in [6.07, 6.45) is 5.60. The number of nitrogens with zero attached hydrogens (tertiary/aromatic N) is 7. The third kappa shape index (κ3) is 3.11. The Kier molecular flexibility index (Phi) is 4.28. The van der Waals surface area contributed by atoms with Gasteiger partial charge in [0.05, 0.1) is 24.5 Å². The van der Waals surface area contributed by atoms with E-state index >= 15 is 0 Å². The molecule has 30 heavy (non-hydrogen) atoms. The average molecular weight is 413 g/mol. The van der Waals surface area contributed by atoms with Crippen LogP contribution < -0.4 is 10.6 Å². The lowest BCUT2D eigenvalue weighted by Crippen LogP contribution is -2.53. The molecule has 1 atom stereocenters. The molecule has 11 heteroatoms. The molecule has 0 aliphatic carbocycles. The number of alkyl halides is 2. The standard InChI is InChI=1S/C19H21F2N9/c1-22-17-16-12(13-5-10-29-15(24-13)3-7-23-29)4-9-30(16)27-18(26-17)25-14-6-8-28(2)11-19(14,20)21/h3-5,7,9-10,14H,6,8,11H2,1-2H3,(H2,22,25,26,27)/t14-/m0/s1. The highest BCUT2D eigenvalue weighted by atomic mass is 19.3. The summed E-state index contributed by atoms with van der Waals surface area (Å²) in [5.41, 5.74) is 3.02. The van der Waals surface area contributed by atoms with Crippen LogP contribution >= 0.6 is 0 Å². The maximum absolute atomic E-state index is 14.4. The van der Waals surface area contributed by atoms with Gasteiger partial charge in [0.15, 0.2) is 11.5 Å². The van der Waals surface area contributed by atoms with Crippen LogP contribution in [0.1, 0.15) is 6.42 Å². The molecule has 1 fully saturated rings. The molecule has 1 aliphatic rings. The third-order valence-corrected chi connectivity index (χ3v) is 5.38. The van der Waals surface area contributed by atoms with E-state index in [0.717, 1.165) is 22.4 Å². The van der Waals surface area contributed by atoms with E-state index in [9.17, 15) is 8.78 Å². The van der Waals surface area contributed by atoms with Gasteiger partial charge in [-0.3, -0.25) is 0 Å². The molecule has 0 spiro atoms. The van der Waals surface area contributed by atoms with Gasteiger partial charge in [-0.2, -0.15) is 10.1 Å². The summed E-state index contributed by atoms with van der Waals surface area (Å²) < 4.78 is 32.2. The lowest BCUT2D eigenvalue weighted by Gasteiger charge is -2.36. The molecule has 0 aromatic carbocycles. The number of nitrogens with one attached hydrogen (secondary N) is 2. The topological polar surface area (TPSA) is 87.7 Å². The number of halogens is 2. The van der Waals surface area contributed by atoms with Gasteiger partial charge in [0.25, 0.3) is 5.92 Å². The number of rotatable bonds is 4. The van der Waals surface area contributed by atoms with E-state index in [1.165, 1.54) is 0 Å². The predicted molar refractivity (Wildman–Crippen MR) is 109 cm³/mol. The summed E-state index contributed by atoms with van der Waals surface area (Å²) in [4.78, 5) is 10.7. The van der Waals surface area contributed by atoms with Crippen LogP contribution in [0, 0.1) is 0 Å². The summed E-state index contributed by atoms with van der Waals surface area (Å²) in [5.74, 6) is -2.18. The molecule has 5 rings (SSSR count). The van der Waals surface area contributed by atoms with Crippen molar-refractivity contribution in [2.45, 2.75) is 18.4 Å². The number of piperidine rings is 1. The molecule has 4 aromatic rings. The molecular formula is C19H21F2N9. The second-order valence-corrected chi connectivity index (χ2v) is 7.49. The summed E-state index contributed by atoms with van der Waals surface area (Å²) in [5, 5.41) is 14.5. The van der Waals surface area contributed by atoms with E-state index in [4.69, 9.17) is 0 Å². The highest BCUT2D eigenvalue weighted by Gasteiger charge is 2.44. The summed E-state index contributed by atoms with van der Waals surface area (Å²) in [6, 6.07) is 4.55. The Balaban J connectivity index is 1.53. The first kappa shape index (κ1) is 18.7. The van der Waals surface area contributed by atoms with Crippen molar-refractivity contribution in [2.24, 2.45) is 0 Å². The van der Waals surface area contributed by atoms with Crippen LogP contribution in [0.3, 0.4) is 0 Å². The van der Waals surface area contributed by atoms with Gasteiger partial charge in [-0.1, -0.05) is 0 Å². The van der Waals surface area contributed by atoms with E-state index < -0.39 is 12.0 Å². The molecule has 0 radical (unpaired) electrons. The van der Waals surface area contributed by atoms with Crippen molar-refractivity contribution in [1.29, 1.82) is 0 Å². The van der Waals surface area contributed by atoms with Crippen LogP contribution in [0.25, 0.3) is 22.4 Å². The fourth-order valence-corrected chi connectivity index (χ4v) is 3.87. The molecule has 0 amide bonds. The fraction of sp³-hybridized carbons (Fsp3) is 0.368. The molecule has 1 aliphatic heterocycles. The molecular weight excluding hydrogens is 392 g/mol. The van der Waals surface area contributed by atoms with Gasteiger partial charge < -0.3 is 15.5 Å². The number of anilines is 2. The molecule has 1 saturated heterocycles. The van der Waals surface area contributed by atoms with E-state index in [-0.39, 0.29) is 12.5 Å². The Hall–Kier alpha value is -3.34. The van der Waals surface area contributed by atoms with Gasteiger partial charge in [0.1, 0.15) is 5.52 Å². The van der Waals surface area contributed by atoms with Crippen molar-refractivity contribution in [3.05, 3.63) is 36.8 Å². The fourth-order valence-electron chi connectivity index (χ4n) is 3.87. The number of hydrogen-bond donors (Lipinski definition) is 2. The maximum atomic E-state index is 14.4. The zero-order chi connectivity index (χ0) is 20.9. The zero-order valence-electron chi connectivity index (χ0n) is 16.5. The monoisotopic (exact) mass is 413 g/mol. The Bertz CT molecular complexity index is 1220. The Morgan fingerprint density at radius 2 is 1.97 bits per heavy atom. The average Bonchev–Trinajstić information content (AvgIpc) is 3.35. The van der Waals surface area contributed by atoms with Crippen LogP contribution in [0.5, 0.6) is 0 Å². The normalized spacial score (nSPS) is 19.4. The molecule has 5 heterocycles. The predicted octanol–water partition coefficient (Wildman–Crippen LogP) is 2.23. The lowest BCUT2D eigenvalue weighted by molar-refractivity contribution is -0.0675. The lowest BCUT2D eigenvalue weighted by atomic mass is 10.0. The summed E-state index contributed by atoms with van der Waals surface area (Å²) in [7, 11) is 3.43. The smallest absolute Gasteiger partial charge is 0.280 e. The van der Waals surface area contributed by atoms with E-state index in [1.54, 1.807) is 40.4 Å². The van der Waals surface area contributed by atoms with Crippen LogP contribution in [0.4, 0.5) is 20.5 Å². The second-order valence-electron chi connectivity index (χ2n) is 7.49. The van der Waals surface area contributed by atoms with Crippen LogP contribution in [0.2, 0.25) is 0 Å². The molecule has 156 valence electrons. The minimum atomic E-state index is -2.86. The highest BCUT2D eigenvalue weighted by Crippen LogP contribution is 2.31.